The van der Waals surface area contributed by atoms with E-state index in [2.05, 4.69) is 10.3 Å². The van der Waals surface area contributed by atoms with E-state index in [4.69, 9.17) is 4.74 Å². The lowest BCUT2D eigenvalue weighted by molar-refractivity contribution is 0.0975. The van der Waals surface area contributed by atoms with Crippen LogP contribution >= 0.6 is 11.8 Å². The molecule has 0 radical (unpaired) electrons. The standard InChI is InChI=1S/C15H14N2O2S/c1-19-13-9-11-5-3-2-4-10(11)8-12(13)14(18)17-15-16-6-7-20-15/h2-5,8-9H,6-7H2,1H3,(H,16,17,18). The third-order valence-electron chi connectivity index (χ3n) is 3.12. The van der Waals surface area contributed by atoms with Gasteiger partial charge in [-0.15, -0.1) is 0 Å². The highest BCUT2D eigenvalue weighted by molar-refractivity contribution is 8.14. The van der Waals surface area contributed by atoms with Crippen molar-refractivity contribution in [3.05, 3.63) is 42.0 Å². The molecule has 0 saturated carbocycles. The third-order valence-corrected chi connectivity index (χ3v) is 4.01. The normalized spacial score (nSPS) is 14.2. The molecule has 2 aromatic rings. The Kier molecular flexibility index (Phi) is 3.60. The zero-order valence-electron chi connectivity index (χ0n) is 11.1. The minimum absolute atomic E-state index is 0.180. The molecule has 1 heterocycles. The lowest BCUT2D eigenvalue weighted by Gasteiger charge is -2.10. The van der Waals surface area contributed by atoms with Crippen molar-refractivity contribution in [2.75, 3.05) is 19.4 Å². The van der Waals surface area contributed by atoms with Crippen LogP contribution in [0.25, 0.3) is 10.8 Å². The van der Waals surface area contributed by atoms with E-state index in [9.17, 15) is 4.79 Å². The predicted octanol–water partition coefficient (Wildman–Crippen LogP) is 2.68. The summed E-state index contributed by atoms with van der Waals surface area (Å²) in [4.78, 5) is 16.6. The first-order valence-corrected chi connectivity index (χ1v) is 7.32. The van der Waals surface area contributed by atoms with Gasteiger partial charge in [-0.1, -0.05) is 36.0 Å². The summed E-state index contributed by atoms with van der Waals surface area (Å²) >= 11 is 1.56. The number of hydrogen-bond donors (Lipinski definition) is 1. The van der Waals surface area contributed by atoms with Crippen LogP contribution in [0.5, 0.6) is 5.75 Å². The van der Waals surface area contributed by atoms with Crippen LogP contribution in [0.15, 0.2) is 41.4 Å². The Morgan fingerprint density at radius 3 is 2.70 bits per heavy atom. The van der Waals surface area contributed by atoms with E-state index in [0.29, 0.717) is 16.5 Å². The van der Waals surface area contributed by atoms with E-state index < -0.39 is 0 Å². The average Bonchev–Trinajstić information content (AvgIpc) is 2.98. The van der Waals surface area contributed by atoms with Crippen molar-refractivity contribution < 1.29 is 9.53 Å². The Balaban J connectivity index is 1.98. The van der Waals surface area contributed by atoms with E-state index in [0.717, 1.165) is 23.1 Å². The van der Waals surface area contributed by atoms with Crippen molar-refractivity contribution in [1.29, 1.82) is 0 Å². The van der Waals surface area contributed by atoms with Crippen LogP contribution in [0.1, 0.15) is 10.4 Å². The molecule has 1 amide bonds. The second kappa shape index (κ2) is 5.54. The number of fused-ring (bicyclic) bond motifs is 1. The van der Waals surface area contributed by atoms with Crippen LogP contribution in [0.2, 0.25) is 0 Å². The molecule has 4 nitrogen and oxygen atoms in total. The number of nitrogens with zero attached hydrogens (tertiary/aromatic N) is 1. The molecular formula is C15H14N2O2S. The highest BCUT2D eigenvalue weighted by atomic mass is 32.2. The van der Waals surface area contributed by atoms with Crippen LogP contribution in [0.3, 0.4) is 0 Å². The summed E-state index contributed by atoms with van der Waals surface area (Å²) in [6.45, 7) is 0.759. The van der Waals surface area contributed by atoms with Gasteiger partial charge in [-0.2, -0.15) is 0 Å². The number of thioether (sulfide) groups is 1. The maximum atomic E-state index is 12.3. The molecule has 0 fully saturated rings. The number of ether oxygens (including phenoxy) is 1. The first-order chi connectivity index (χ1) is 9.78. The van der Waals surface area contributed by atoms with Gasteiger partial charge in [0.2, 0.25) is 0 Å². The van der Waals surface area contributed by atoms with Gasteiger partial charge in [-0.05, 0) is 22.9 Å². The van der Waals surface area contributed by atoms with Crippen LogP contribution < -0.4 is 10.1 Å². The first kappa shape index (κ1) is 13.0. The third kappa shape index (κ3) is 2.49. The zero-order chi connectivity index (χ0) is 13.9. The molecular weight excluding hydrogens is 272 g/mol. The van der Waals surface area contributed by atoms with Crippen LogP contribution in [0.4, 0.5) is 0 Å². The van der Waals surface area contributed by atoms with Gasteiger partial charge < -0.3 is 10.1 Å². The minimum atomic E-state index is -0.180. The summed E-state index contributed by atoms with van der Waals surface area (Å²) in [7, 11) is 1.57. The van der Waals surface area contributed by atoms with Gasteiger partial charge in [-0.3, -0.25) is 9.79 Å². The molecule has 1 aliphatic rings. The molecule has 3 rings (SSSR count). The molecule has 102 valence electrons. The zero-order valence-corrected chi connectivity index (χ0v) is 11.9. The minimum Gasteiger partial charge on any atom is -0.496 e. The molecule has 0 atom stereocenters. The topological polar surface area (TPSA) is 50.7 Å². The molecule has 0 bridgehead atoms. The fourth-order valence-electron chi connectivity index (χ4n) is 2.14. The van der Waals surface area contributed by atoms with E-state index in [-0.39, 0.29) is 5.91 Å². The van der Waals surface area contributed by atoms with Gasteiger partial charge >= 0.3 is 0 Å². The highest BCUT2D eigenvalue weighted by Crippen LogP contribution is 2.26. The molecule has 5 heteroatoms. The number of carbonyl (C=O) groups excluding carboxylic acids is 1. The highest BCUT2D eigenvalue weighted by Gasteiger charge is 2.17. The molecule has 1 N–H and O–H groups in total. The van der Waals surface area contributed by atoms with Crippen molar-refractivity contribution in [2.24, 2.45) is 4.99 Å². The number of rotatable bonds is 2. The predicted molar refractivity (Wildman–Crippen MR) is 82.7 cm³/mol. The van der Waals surface area contributed by atoms with Crippen molar-refractivity contribution in [2.45, 2.75) is 0 Å². The Morgan fingerprint density at radius 2 is 2.05 bits per heavy atom. The van der Waals surface area contributed by atoms with Gasteiger partial charge in [0.15, 0.2) is 5.17 Å². The SMILES string of the molecule is COc1cc2ccccc2cc1C(=O)NC1=NCCS1. The average molecular weight is 286 g/mol. The van der Waals surface area contributed by atoms with Crippen LogP contribution in [-0.2, 0) is 0 Å². The monoisotopic (exact) mass is 286 g/mol. The number of methoxy groups -OCH3 is 1. The maximum absolute atomic E-state index is 12.3. The second-order valence-electron chi connectivity index (χ2n) is 4.39. The summed E-state index contributed by atoms with van der Waals surface area (Å²) < 4.78 is 5.33. The molecule has 0 spiro atoms. The van der Waals surface area contributed by atoms with Crippen LogP contribution in [-0.4, -0.2) is 30.5 Å². The molecule has 0 aliphatic carbocycles. The number of benzene rings is 2. The number of aliphatic imine (C=N–C) groups is 1. The van der Waals surface area contributed by atoms with Gasteiger partial charge in [-0.25, -0.2) is 0 Å². The molecule has 2 aromatic carbocycles. The summed E-state index contributed by atoms with van der Waals surface area (Å²) in [6, 6.07) is 11.6. The Hall–Kier alpha value is -2.01. The van der Waals surface area contributed by atoms with Gasteiger partial charge in [0.25, 0.3) is 5.91 Å². The fourth-order valence-corrected chi connectivity index (χ4v) is 2.86. The Morgan fingerprint density at radius 1 is 1.30 bits per heavy atom. The number of hydrogen-bond acceptors (Lipinski definition) is 4. The summed E-state index contributed by atoms with van der Waals surface area (Å²) in [6.07, 6.45) is 0. The van der Waals surface area contributed by atoms with Crippen molar-refractivity contribution in [1.82, 2.24) is 5.32 Å². The lowest BCUT2D eigenvalue weighted by Crippen LogP contribution is -2.27. The van der Waals surface area contributed by atoms with Crippen LogP contribution in [0, 0.1) is 0 Å². The summed E-state index contributed by atoms with van der Waals surface area (Å²) in [5.74, 6) is 1.32. The van der Waals surface area contributed by atoms with Crippen molar-refractivity contribution >= 4 is 33.6 Å². The maximum Gasteiger partial charge on any atom is 0.260 e. The van der Waals surface area contributed by atoms with E-state index in [1.165, 1.54) is 0 Å². The molecule has 20 heavy (non-hydrogen) atoms. The smallest absolute Gasteiger partial charge is 0.260 e. The van der Waals surface area contributed by atoms with E-state index in [1.807, 2.05) is 36.4 Å². The summed E-state index contributed by atoms with van der Waals surface area (Å²) in [5, 5.41) is 5.58. The number of carbonyl (C=O) groups is 1. The number of amides is 1. The van der Waals surface area contributed by atoms with Gasteiger partial charge in [0.05, 0.1) is 19.2 Å². The largest absolute Gasteiger partial charge is 0.496 e. The van der Waals surface area contributed by atoms with E-state index >= 15 is 0 Å². The van der Waals surface area contributed by atoms with Gasteiger partial charge in [0, 0.05) is 5.75 Å². The molecule has 1 aliphatic heterocycles. The number of amidine groups is 1. The fraction of sp³-hybridized carbons (Fsp3) is 0.200. The summed E-state index contributed by atoms with van der Waals surface area (Å²) in [5.41, 5.74) is 0.529. The first-order valence-electron chi connectivity index (χ1n) is 6.33. The molecule has 0 unspecified atom stereocenters. The van der Waals surface area contributed by atoms with Gasteiger partial charge in [0.1, 0.15) is 5.75 Å². The van der Waals surface area contributed by atoms with E-state index in [1.54, 1.807) is 18.9 Å². The Bertz CT molecular complexity index is 697. The quantitative estimate of drug-likeness (QED) is 0.923. The molecule has 0 saturated heterocycles. The Labute approximate surface area is 121 Å². The molecule has 0 aromatic heterocycles. The number of nitrogens with one attached hydrogen (secondary N) is 1. The second-order valence-corrected chi connectivity index (χ2v) is 5.47. The lowest BCUT2D eigenvalue weighted by atomic mass is 10.1. The van der Waals surface area contributed by atoms with Crippen molar-refractivity contribution in [3.8, 4) is 5.75 Å². The van der Waals surface area contributed by atoms with Crippen molar-refractivity contribution in [3.63, 3.8) is 0 Å².